The molecule has 1 heterocycles. The number of aryl methyl sites for hydroxylation is 1. The number of carbonyl (C=O) groups excluding carboxylic acids is 1. The number of ether oxygens (including phenoxy) is 1. The zero-order chi connectivity index (χ0) is 17.6. The lowest BCUT2D eigenvalue weighted by Crippen LogP contribution is -2.13. The molecule has 0 bridgehead atoms. The Kier molecular flexibility index (Phi) is 5.40. The molecule has 6 heteroatoms. The Labute approximate surface area is 150 Å². The fourth-order valence-corrected chi connectivity index (χ4v) is 3.28. The van der Waals surface area contributed by atoms with Crippen molar-refractivity contribution in [1.29, 1.82) is 0 Å². The maximum atomic E-state index is 12.7. The van der Waals surface area contributed by atoms with Gasteiger partial charge in [-0.15, -0.1) is 11.8 Å². The Balaban J connectivity index is 1.76. The van der Waals surface area contributed by atoms with Gasteiger partial charge in [-0.1, -0.05) is 29.4 Å². The number of rotatable bonds is 6. The standard InChI is InChI=1S/C19H18N2O3S/c1-13-11-14(24-21-13)12-25-18-10-6-3-7-15(18)19(22)20-16-8-4-5-9-17(16)23-2/h3-11H,12H2,1-2H3,(H,20,22). The lowest BCUT2D eigenvalue weighted by Gasteiger charge is -2.12. The summed E-state index contributed by atoms with van der Waals surface area (Å²) in [5.74, 6) is 1.83. The molecule has 0 radical (unpaired) electrons. The topological polar surface area (TPSA) is 64.4 Å². The van der Waals surface area contributed by atoms with Gasteiger partial charge in [-0.05, 0) is 31.2 Å². The maximum absolute atomic E-state index is 12.7. The minimum atomic E-state index is -0.179. The molecule has 0 atom stereocenters. The molecule has 3 aromatic rings. The summed E-state index contributed by atoms with van der Waals surface area (Å²) in [6, 6.07) is 16.7. The molecule has 0 aliphatic carbocycles. The van der Waals surface area contributed by atoms with E-state index in [0.717, 1.165) is 16.3 Å². The fourth-order valence-electron chi connectivity index (χ4n) is 2.35. The van der Waals surface area contributed by atoms with Crippen molar-refractivity contribution >= 4 is 23.4 Å². The Morgan fingerprint density at radius 3 is 2.72 bits per heavy atom. The van der Waals surface area contributed by atoms with Crippen LogP contribution < -0.4 is 10.1 Å². The van der Waals surface area contributed by atoms with Crippen molar-refractivity contribution in [3.63, 3.8) is 0 Å². The lowest BCUT2D eigenvalue weighted by molar-refractivity contribution is 0.102. The van der Waals surface area contributed by atoms with Crippen LogP contribution in [0.5, 0.6) is 5.75 Å². The number of para-hydroxylation sites is 2. The molecular formula is C19H18N2O3S. The van der Waals surface area contributed by atoms with Gasteiger partial charge in [-0.25, -0.2) is 0 Å². The van der Waals surface area contributed by atoms with E-state index in [0.29, 0.717) is 22.8 Å². The van der Waals surface area contributed by atoms with Crippen LogP contribution in [0.1, 0.15) is 21.8 Å². The van der Waals surface area contributed by atoms with E-state index >= 15 is 0 Å². The first kappa shape index (κ1) is 17.1. The van der Waals surface area contributed by atoms with E-state index in [9.17, 15) is 4.79 Å². The SMILES string of the molecule is COc1ccccc1NC(=O)c1ccccc1SCc1cc(C)no1. The van der Waals surface area contributed by atoms with E-state index in [-0.39, 0.29) is 5.91 Å². The number of hydrogen-bond acceptors (Lipinski definition) is 5. The number of anilines is 1. The average Bonchev–Trinajstić information content (AvgIpc) is 3.06. The monoisotopic (exact) mass is 354 g/mol. The summed E-state index contributed by atoms with van der Waals surface area (Å²) in [5.41, 5.74) is 2.09. The first-order valence-electron chi connectivity index (χ1n) is 7.76. The normalized spacial score (nSPS) is 10.5. The van der Waals surface area contributed by atoms with Crippen LogP contribution in [0.25, 0.3) is 0 Å². The van der Waals surface area contributed by atoms with Gasteiger partial charge in [0, 0.05) is 11.0 Å². The number of carbonyl (C=O) groups is 1. The van der Waals surface area contributed by atoms with Crippen molar-refractivity contribution in [1.82, 2.24) is 5.16 Å². The number of thioether (sulfide) groups is 1. The second kappa shape index (κ2) is 7.90. The molecule has 1 aromatic heterocycles. The van der Waals surface area contributed by atoms with Crippen molar-refractivity contribution < 1.29 is 14.1 Å². The highest BCUT2D eigenvalue weighted by molar-refractivity contribution is 7.98. The molecule has 5 nitrogen and oxygen atoms in total. The zero-order valence-corrected chi connectivity index (χ0v) is 14.8. The molecule has 0 saturated carbocycles. The Morgan fingerprint density at radius 2 is 1.96 bits per heavy atom. The molecule has 1 amide bonds. The Morgan fingerprint density at radius 1 is 1.20 bits per heavy atom. The smallest absolute Gasteiger partial charge is 0.256 e. The average molecular weight is 354 g/mol. The van der Waals surface area contributed by atoms with Crippen LogP contribution in [-0.2, 0) is 5.75 Å². The van der Waals surface area contributed by atoms with Crippen molar-refractivity contribution in [3.05, 3.63) is 71.6 Å². The van der Waals surface area contributed by atoms with E-state index in [1.165, 1.54) is 11.8 Å². The Hall–Kier alpha value is -2.73. The molecule has 0 saturated heterocycles. The molecule has 0 aliphatic heterocycles. The number of benzene rings is 2. The van der Waals surface area contributed by atoms with Crippen molar-refractivity contribution in [2.24, 2.45) is 0 Å². The molecule has 1 N–H and O–H groups in total. The predicted molar refractivity (Wildman–Crippen MR) is 98.2 cm³/mol. The van der Waals surface area contributed by atoms with Gasteiger partial charge in [-0.3, -0.25) is 4.79 Å². The van der Waals surface area contributed by atoms with Crippen molar-refractivity contribution in [2.75, 3.05) is 12.4 Å². The minimum Gasteiger partial charge on any atom is -0.495 e. The number of nitrogens with zero attached hydrogens (tertiary/aromatic N) is 1. The second-order valence-corrected chi connectivity index (χ2v) is 6.39. The van der Waals surface area contributed by atoms with Crippen LogP contribution in [0.4, 0.5) is 5.69 Å². The molecule has 0 aliphatic rings. The van der Waals surface area contributed by atoms with Crippen LogP contribution in [0.15, 0.2) is 64.0 Å². The van der Waals surface area contributed by atoms with Crippen molar-refractivity contribution in [2.45, 2.75) is 17.6 Å². The van der Waals surface area contributed by atoms with Gasteiger partial charge in [0.2, 0.25) is 0 Å². The minimum absolute atomic E-state index is 0.179. The quantitative estimate of drug-likeness (QED) is 0.659. The van der Waals surface area contributed by atoms with Gasteiger partial charge in [0.25, 0.3) is 5.91 Å². The summed E-state index contributed by atoms with van der Waals surface area (Å²) in [4.78, 5) is 13.6. The van der Waals surface area contributed by atoms with E-state index in [4.69, 9.17) is 9.26 Å². The molecule has 0 fully saturated rings. The van der Waals surface area contributed by atoms with Gasteiger partial charge in [0.15, 0.2) is 0 Å². The Bertz CT molecular complexity index is 876. The first-order valence-corrected chi connectivity index (χ1v) is 8.74. The van der Waals surface area contributed by atoms with Gasteiger partial charge >= 0.3 is 0 Å². The molecule has 0 unspecified atom stereocenters. The number of methoxy groups -OCH3 is 1. The number of hydrogen-bond donors (Lipinski definition) is 1. The van der Waals surface area contributed by atoms with Crippen LogP contribution >= 0.6 is 11.8 Å². The van der Waals surface area contributed by atoms with E-state index < -0.39 is 0 Å². The fraction of sp³-hybridized carbons (Fsp3) is 0.158. The number of aromatic nitrogens is 1. The van der Waals surface area contributed by atoms with E-state index in [1.54, 1.807) is 13.2 Å². The van der Waals surface area contributed by atoms with Crippen LogP contribution in [0.3, 0.4) is 0 Å². The third kappa shape index (κ3) is 4.22. The highest BCUT2D eigenvalue weighted by atomic mass is 32.2. The highest BCUT2D eigenvalue weighted by Crippen LogP contribution is 2.29. The predicted octanol–water partition coefficient (Wildman–Crippen LogP) is 4.54. The first-order chi connectivity index (χ1) is 12.2. The van der Waals surface area contributed by atoms with Gasteiger partial charge in [0.05, 0.1) is 29.8 Å². The van der Waals surface area contributed by atoms with Crippen LogP contribution in [0, 0.1) is 6.92 Å². The van der Waals surface area contributed by atoms with Crippen LogP contribution in [-0.4, -0.2) is 18.2 Å². The molecule has 128 valence electrons. The van der Waals surface area contributed by atoms with Gasteiger partial charge in [0.1, 0.15) is 11.5 Å². The summed E-state index contributed by atoms with van der Waals surface area (Å²) >= 11 is 1.54. The molecule has 3 rings (SSSR count). The molecule has 2 aromatic carbocycles. The highest BCUT2D eigenvalue weighted by Gasteiger charge is 2.14. The largest absolute Gasteiger partial charge is 0.495 e. The summed E-state index contributed by atoms with van der Waals surface area (Å²) in [6.07, 6.45) is 0. The molecular weight excluding hydrogens is 336 g/mol. The number of amides is 1. The van der Waals surface area contributed by atoms with Crippen molar-refractivity contribution in [3.8, 4) is 5.75 Å². The second-order valence-electron chi connectivity index (χ2n) is 5.37. The molecule has 25 heavy (non-hydrogen) atoms. The summed E-state index contributed by atoms with van der Waals surface area (Å²) < 4.78 is 10.5. The maximum Gasteiger partial charge on any atom is 0.256 e. The molecule has 0 spiro atoms. The summed E-state index contributed by atoms with van der Waals surface area (Å²) in [5, 5.41) is 6.79. The van der Waals surface area contributed by atoms with E-state index in [2.05, 4.69) is 10.5 Å². The third-order valence-corrected chi connectivity index (χ3v) is 4.63. The van der Waals surface area contributed by atoms with Crippen LogP contribution in [0.2, 0.25) is 0 Å². The summed E-state index contributed by atoms with van der Waals surface area (Å²) in [6.45, 7) is 1.88. The van der Waals surface area contributed by atoms with Gasteiger partial charge in [-0.2, -0.15) is 0 Å². The van der Waals surface area contributed by atoms with Gasteiger partial charge < -0.3 is 14.6 Å². The lowest BCUT2D eigenvalue weighted by atomic mass is 10.2. The van der Waals surface area contributed by atoms with E-state index in [1.807, 2.05) is 55.5 Å². The third-order valence-electron chi connectivity index (χ3n) is 3.53. The summed E-state index contributed by atoms with van der Waals surface area (Å²) in [7, 11) is 1.58. The number of nitrogens with one attached hydrogen (secondary N) is 1. The zero-order valence-electron chi connectivity index (χ0n) is 14.0.